The summed E-state index contributed by atoms with van der Waals surface area (Å²) in [5, 5.41) is 0. The number of ketones is 1. The fourth-order valence-electron chi connectivity index (χ4n) is 3.00. The van der Waals surface area contributed by atoms with E-state index < -0.39 is 0 Å². The Bertz CT molecular complexity index is 576. The van der Waals surface area contributed by atoms with E-state index in [2.05, 4.69) is 31.6 Å². The van der Waals surface area contributed by atoms with Gasteiger partial charge in [0.1, 0.15) is 11.8 Å². The third kappa shape index (κ3) is 2.81. The van der Waals surface area contributed by atoms with Crippen LogP contribution in [0, 0.1) is 11.3 Å². The molecular weight excluding hydrogens is 252 g/mol. The molecule has 0 N–H and O–H groups in total. The second-order valence-corrected chi connectivity index (χ2v) is 6.12. The minimum Gasteiger partial charge on any atom is -0.472 e. The minimum absolute atomic E-state index is 0.0768. The van der Waals surface area contributed by atoms with E-state index in [1.165, 1.54) is 18.1 Å². The molecule has 0 aromatic carbocycles. The van der Waals surface area contributed by atoms with Gasteiger partial charge in [0.2, 0.25) is 5.78 Å². The number of nitrogens with zero attached hydrogens (tertiary/aromatic N) is 2. The Morgan fingerprint density at radius 2 is 2.30 bits per heavy atom. The number of carbonyl (C=O) groups is 1. The van der Waals surface area contributed by atoms with Crippen molar-refractivity contribution in [2.24, 2.45) is 11.3 Å². The number of hydrogen-bond acceptors (Lipinski definition) is 2. The molecule has 0 aliphatic heterocycles. The van der Waals surface area contributed by atoms with Crippen LogP contribution in [0.2, 0.25) is 0 Å². The van der Waals surface area contributed by atoms with Crippen LogP contribution in [0.25, 0.3) is 5.53 Å². The summed E-state index contributed by atoms with van der Waals surface area (Å²) in [6.45, 7) is 6.45. The summed E-state index contributed by atoms with van der Waals surface area (Å²) in [5.74, 6) is 0.0361. The predicted octanol–water partition coefficient (Wildman–Crippen LogP) is 3.64. The van der Waals surface area contributed by atoms with Crippen LogP contribution < -0.4 is 0 Å². The molecule has 106 valence electrons. The summed E-state index contributed by atoms with van der Waals surface area (Å²) in [7, 11) is 0. The Kier molecular flexibility index (Phi) is 4.05. The van der Waals surface area contributed by atoms with Crippen LogP contribution in [0.1, 0.15) is 45.6 Å². The third-order valence-corrected chi connectivity index (χ3v) is 4.30. The van der Waals surface area contributed by atoms with Gasteiger partial charge in [-0.3, -0.25) is 4.79 Å². The second kappa shape index (κ2) is 5.59. The first-order valence-electron chi connectivity index (χ1n) is 6.90. The average Bonchev–Trinajstić information content (AvgIpc) is 2.88. The molecule has 0 spiro atoms. The van der Waals surface area contributed by atoms with Gasteiger partial charge in [0.25, 0.3) is 0 Å². The van der Waals surface area contributed by atoms with Crippen LogP contribution in [-0.2, 0) is 4.79 Å². The first-order valence-corrected chi connectivity index (χ1v) is 6.90. The maximum absolute atomic E-state index is 12.4. The molecule has 1 aromatic rings. The molecule has 0 radical (unpaired) electrons. The highest BCUT2D eigenvalue weighted by Crippen LogP contribution is 2.42. The fraction of sp³-hybridized carbons (Fsp3) is 0.500. The normalized spacial score (nSPS) is 20.9. The van der Waals surface area contributed by atoms with Crippen molar-refractivity contribution in [1.82, 2.24) is 0 Å². The Morgan fingerprint density at radius 3 is 2.85 bits per heavy atom. The van der Waals surface area contributed by atoms with E-state index in [-0.39, 0.29) is 22.8 Å². The summed E-state index contributed by atoms with van der Waals surface area (Å²) >= 11 is 0. The quantitative estimate of drug-likeness (QED) is 0.363. The molecule has 1 atom stereocenters. The van der Waals surface area contributed by atoms with Gasteiger partial charge < -0.3 is 9.95 Å². The number of carbonyl (C=O) groups excluding carboxylic acids is 1. The van der Waals surface area contributed by atoms with Crippen LogP contribution >= 0.6 is 0 Å². The van der Waals surface area contributed by atoms with Gasteiger partial charge in [0.05, 0.1) is 6.26 Å². The van der Waals surface area contributed by atoms with Gasteiger partial charge in [0, 0.05) is 6.42 Å². The lowest BCUT2D eigenvalue weighted by Crippen LogP contribution is -2.32. The highest BCUT2D eigenvalue weighted by molar-refractivity contribution is 6.43. The Hall–Kier alpha value is -1.93. The van der Waals surface area contributed by atoms with Gasteiger partial charge in [-0.25, -0.2) is 0 Å². The lowest BCUT2D eigenvalue weighted by Gasteiger charge is -2.37. The van der Waals surface area contributed by atoms with Crippen LogP contribution in [0.4, 0.5) is 0 Å². The molecule has 1 heterocycles. The van der Waals surface area contributed by atoms with Gasteiger partial charge in [-0.2, -0.15) is 4.79 Å². The van der Waals surface area contributed by atoms with E-state index in [4.69, 9.17) is 9.95 Å². The third-order valence-electron chi connectivity index (χ3n) is 4.30. The molecule has 0 bridgehead atoms. The molecule has 1 unspecified atom stereocenters. The average molecular weight is 272 g/mol. The van der Waals surface area contributed by atoms with Crippen LogP contribution in [0.3, 0.4) is 0 Å². The van der Waals surface area contributed by atoms with E-state index in [9.17, 15) is 4.79 Å². The number of furan rings is 1. The molecule has 0 fully saturated rings. The van der Waals surface area contributed by atoms with Crippen LogP contribution in [0.15, 0.2) is 34.7 Å². The SMILES string of the molecule is CC1=CCCC(C)(C)C1CC(=O)C(=[N+]=[N-])c1ccoc1. The lowest BCUT2D eigenvalue weighted by molar-refractivity contribution is -0.118. The van der Waals surface area contributed by atoms with Crippen molar-refractivity contribution < 1.29 is 14.0 Å². The maximum atomic E-state index is 12.4. The summed E-state index contributed by atoms with van der Waals surface area (Å²) in [4.78, 5) is 15.6. The monoisotopic (exact) mass is 272 g/mol. The topological polar surface area (TPSA) is 66.6 Å². The zero-order valence-electron chi connectivity index (χ0n) is 12.2. The first kappa shape index (κ1) is 14.5. The van der Waals surface area contributed by atoms with E-state index in [0.29, 0.717) is 12.0 Å². The minimum atomic E-state index is -0.151. The molecule has 0 saturated heterocycles. The molecule has 0 amide bonds. The van der Waals surface area contributed by atoms with E-state index in [1.807, 2.05) is 0 Å². The molecule has 0 saturated carbocycles. The molecule has 1 aliphatic carbocycles. The molecule has 4 heteroatoms. The van der Waals surface area contributed by atoms with Crippen molar-refractivity contribution in [3.05, 3.63) is 41.3 Å². The fourth-order valence-corrected chi connectivity index (χ4v) is 3.00. The second-order valence-electron chi connectivity index (χ2n) is 6.12. The van der Waals surface area contributed by atoms with Gasteiger partial charge in [-0.05, 0) is 37.2 Å². The van der Waals surface area contributed by atoms with Gasteiger partial charge in [-0.1, -0.05) is 25.5 Å². The first-order chi connectivity index (χ1) is 9.45. The van der Waals surface area contributed by atoms with Crippen molar-refractivity contribution in [1.29, 1.82) is 0 Å². The Morgan fingerprint density at radius 1 is 1.55 bits per heavy atom. The number of hydrogen-bond donors (Lipinski definition) is 0. The van der Waals surface area contributed by atoms with Crippen molar-refractivity contribution >= 4 is 11.5 Å². The number of allylic oxidation sites excluding steroid dienone is 2. The van der Waals surface area contributed by atoms with E-state index >= 15 is 0 Å². The van der Waals surface area contributed by atoms with Crippen molar-refractivity contribution in [2.45, 2.75) is 40.0 Å². The van der Waals surface area contributed by atoms with Crippen molar-refractivity contribution in [3.63, 3.8) is 0 Å². The summed E-state index contributed by atoms with van der Waals surface area (Å²) in [6.07, 6.45) is 7.58. The molecule has 1 aromatic heterocycles. The van der Waals surface area contributed by atoms with Gasteiger partial charge in [-0.15, -0.1) is 0 Å². The highest BCUT2D eigenvalue weighted by atomic mass is 16.3. The molecule has 1 aliphatic rings. The molecule has 4 nitrogen and oxygen atoms in total. The van der Waals surface area contributed by atoms with Gasteiger partial charge >= 0.3 is 5.71 Å². The zero-order valence-corrected chi connectivity index (χ0v) is 12.2. The van der Waals surface area contributed by atoms with E-state index in [1.54, 1.807) is 6.07 Å². The van der Waals surface area contributed by atoms with Crippen LogP contribution in [-0.4, -0.2) is 16.3 Å². The summed E-state index contributed by atoms with van der Waals surface area (Å²) < 4.78 is 4.94. The zero-order chi connectivity index (χ0) is 14.8. The number of rotatable bonds is 4. The van der Waals surface area contributed by atoms with E-state index in [0.717, 1.165) is 12.8 Å². The predicted molar refractivity (Wildman–Crippen MR) is 76.3 cm³/mol. The highest BCUT2D eigenvalue weighted by Gasteiger charge is 2.37. The van der Waals surface area contributed by atoms with Crippen molar-refractivity contribution in [2.75, 3.05) is 0 Å². The Balaban J connectivity index is 2.21. The summed E-state index contributed by atoms with van der Waals surface area (Å²) in [5.41, 5.74) is 11.0. The van der Waals surface area contributed by atoms with Gasteiger partial charge in [0.15, 0.2) is 0 Å². The van der Waals surface area contributed by atoms with Crippen LogP contribution in [0.5, 0.6) is 0 Å². The molecule has 2 rings (SSSR count). The van der Waals surface area contributed by atoms with Crippen molar-refractivity contribution in [3.8, 4) is 0 Å². The molecular formula is C16H20N2O2. The lowest BCUT2D eigenvalue weighted by atomic mass is 9.66. The molecule has 20 heavy (non-hydrogen) atoms. The largest absolute Gasteiger partial charge is 0.472 e. The number of Topliss-reactive ketones (excluding diaryl/α,β-unsaturated/α-hetero) is 1. The Labute approximate surface area is 119 Å². The maximum Gasteiger partial charge on any atom is 0.368 e. The smallest absolute Gasteiger partial charge is 0.368 e. The standard InChI is InChI=1S/C16H20N2O2/c1-11-5-4-7-16(2,3)13(11)9-14(19)15(18-17)12-6-8-20-10-12/h5-6,8,10,13H,4,7,9H2,1-3H3. The summed E-state index contributed by atoms with van der Waals surface area (Å²) in [6, 6.07) is 1.63.